The number of anilines is 2. The normalized spacial score (nSPS) is 15.1. The van der Waals surface area contributed by atoms with Gasteiger partial charge in [0, 0.05) is 24.0 Å². The van der Waals surface area contributed by atoms with Gasteiger partial charge in [0.25, 0.3) is 0 Å². The van der Waals surface area contributed by atoms with E-state index >= 15 is 0 Å². The smallest absolute Gasteiger partial charge is 0.225 e. The Morgan fingerprint density at radius 3 is 2.81 bits per heavy atom. The van der Waals surface area contributed by atoms with Crippen molar-refractivity contribution < 1.29 is 0 Å². The molecule has 3 rings (SSSR count). The lowest BCUT2D eigenvalue weighted by atomic mass is 10.2. The molecule has 2 aromatic rings. The van der Waals surface area contributed by atoms with Gasteiger partial charge in [-0.25, -0.2) is 4.98 Å². The first-order valence-corrected chi connectivity index (χ1v) is 7.55. The maximum absolute atomic E-state index is 4.55. The van der Waals surface area contributed by atoms with Crippen molar-refractivity contribution in [3.63, 3.8) is 0 Å². The van der Waals surface area contributed by atoms with Gasteiger partial charge in [0.15, 0.2) is 0 Å². The minimum Gasteiger partial charge on any atom is -0.364 e. The lowest BCUT2D eigenvalue weighted by Crippen LogP contribution is -2.17. The average molecular weight is 283 g/mol. The molecule has 2 aromatic heterocycles. The molecule has 1 saturated carbocycles. The number of hydrogen-bond donors (Lipinski definition) is 2. The summed E-state index contributed by atoms with van der Waals surface area (Å²) < 4.78 is 0. The van der Waals surface area contributed by atoms with Gasteiger partial charge < -0.3 is 10.6 Å². The Morgan fingerprint density at radius 2 is 2.05 bits per heavy atom. The van der Waals surface area contributed by atoms with Gasteiger partial charge in [0.05, 0.1) is 12.2 Å². The highest BCUT2D eigenvalue weighted by Gasteiger charge is 2.15. The highest BCUT2D eigenvalue weighted by atomic mass is 15.2. The van der Waals surface area contributed by atoms with Gasteiger partial charge >= 0.3 is 0 Å². The van der Waals surface area contributed by atoms with Crippen LogP contribution in [0, 0.1) is 6.92 Å². The van der Waals surface area contributed by atoms with Crippen LogP contribution in [0.15, 0.2) is 30.5 Å². The SMILES string of the molecule is Cc1cc(NCc2ccccn2)nc(NC2CCCC2)n1. The Balaban J connectivity index is 1.65. The summed E-state index contributed by atoms with van der Waals surface area (Å²) in [5, 5.41) is 6.76. The van der Waals surface area contributed by atoms with Crippen LogP contribution in [0.5, 0.6) is 0 Å². The molecule has 5 nitrogen and oxygen atoms in total. The van der Waals surface area contributed by atoms with Gasteiger partial charge in [0.2, 0.25) is 5.95 Å². The van der Waals surface area contributed by atoms with Crippen LogP contribution in [-0.2, 0) is 6.54 Å². The molecule has 21 heavy (non-hydrogen) atoms. The maximum Gasteiger partial charge on any atom is 0.225 e. The Kier molecular flexibility index (Phi) is 4.28. The van der Waals surface area contributed by atoms with Crippen LogP contribution in [-0.4, -0.2) is 21.0 Å². The fraction of sp³-hybridized carbons (Fsp3) is 0.438. The Bertz CT molecular complexity index is 578. The summed E-state index contributed by atoms with van der Waals surface area (Å²) in [5.74, 6) is 1.57. The van der Waals surface area contributed by atoms with E-state index in [1.807, 2.05) is 31.2 Å². The Labute approximate surface area is 125 Å². The third-order valence-electron chi connectivity index (χ3n) is 3.72. The van der Waals surface area contributed by atoms with Crippen molar-refractivity contribution >= 4 is 11.8 Å². The van der Waals surface area contributed by atoms with Crippen molar-refractivity contribution in [2.24, 2.45) is 0 Å². The van der Waals surface area contributed by atoms with E-state index in [1.165, 1.54) is 25.7 Å². The van der Waals surface area contributed by atoms with Crippen LogP contribution < -0.4 is 10.6 Å². The lowest BCUT2D eigenvalue weighted by molar-refractivity contribution is 0.743. The van der Waals surface area contributed by atoms with E-state index in [4.69, 9.17) is 0 Å². The summed E-state index contributed by atoms with van der Waals surface area (Å²) in [4.78, 5) is 13.3. The first-order valence-electron chi connectivity index (χ1n) is 7.55. The number of aryl methyl sites for hydroxylation is 1. The highest BCUT2D eigenvalue weighted by Crippen LogP contribution is 2.21. The van der Waals surface area contributed by atoms with E-state index in [0.29, 0.717) is 12.6 Å². The molecule has 0 saturated heterocycles. The molecular weight excluding hydrogens is 262 g/mol. The second kappa shape index (κ2) is 6.52. The largest absolute Gasteiger partial charge is 0.364 e. The van der Waals surface area contributed by atoms with Crippen LogP contribution in [0.3, 0.4) is 0 Å². The molecule has 1 aliphatic rings. The van der Waals surface area contributed by atoms with E-state index in [1.54, 1.807) is 6.20 Å². The van der Waals surface area contributed by atoms with Crippen molar-refractivity contribution in [1.82, 2.24) is 15.0 Å². The number of aromatic nitrogens is 3. The van der Waals surface area contributed by atoms with Crippen LogP contribution in [0.1, 0.15) is 37.1 Å². The summed E-state index contributed by atoms with van der Waals surface area (Å²) in [6.07, 6.45) is 6.83. The molecule has 0 aliphatic heterocycles. The molecule has 0 unspecified atom stereocenters. The van der Waals surface area contributed by atoms with E-state index in [0.717, 1.165) is 23.2 Å². The van der Waals surface area contributed by atoms with Crippen LogP contribution in [0.4, 0.5) is 11.8 Å². The second-order valence-corrected chi connectivity index (χ2v) is 5.52. The maximum atomic E-state index is 4.55. The predicted octanol–water partition coefficient (Wildman–Crippen LogP) is 3.15. The highest BCUT2D eigenvalue weighted by molar-refractivity contribution is 5.42. The number of hydrogen-bond acceptors (Lipinski definition) is 5. The monoisotopic (exact) mass is 283 g/mol. The third kappa shape index (κ3) is 3.90. The van der Waals surface area contributed by atoms with Gasteiger partial charge in [-0.3, -0.25) is 4.98 Å². The molecule has 2 heterocycles. The zero-order chi connectivity index (χ0) is 14.5. The molecule has 0 bridgehead atoms. The zero-order valence-electron chi connectivity index (χ0n) is 12.3. The third-order valence-corrected chi connectivity index (χ3v) is 3.72. The number of nitrogens with one attached hydrogen (secondary N) is 2. The van der Waals surface area contributed by atoms with E-state index in [2.05, 4.69) is 25.6 Å². The lowest BCUT2D eigenvalue weighted by Gasteiger charge is -2.13. The van der Waals surface area contributed by atoms with Crippen molar-refractivity contribution in [2.45, 2.75) is 45.2 Å². The molecule has 110 valence electrons. The van der Waals surface area contributed by atoms with Gasteiger partial charge in [0.1, 0.15) is 5.82 Å². The summed E-state index contributed by atoms with van der Waals surface area (Å²) >= 11 is 0. The number of pyridine rings is 1. The van der Waals surface area contributed by atoms with Crippen LogP contribution >= 0.6 is 0 Å². The topological polar surface area (TPSA) is 62.7 Å². The van der Waals surface area contributed by atoms with E-state index in [9.17, 15) is 0 Å². The number of nitrogens with zero attached hydrogens (tertiary/aromatic N) is 3. The van der Waals surface area contributed by atoms with Crippen LogP contribution in [0.25, 0.3) is 0 Å². The van der Waals surface area contributed by atoms with Crippen molar-refractivity contribution in [2.75, 3.05) is 10.6 Å². The molecule has 1 aliphatic carbocycles. The van der Waals surface area contributed by atoms with Gasteiger partial charge in [-0.2, -0.15) is 4.98 Å². The van der Waals surface area contributed by atoms with E-state index in [-0.39, 0.29) is 0 Å². The zero-order valence-corrected chi connectivity index (χ0v) is 12.3. The molecule has 0 spiro atoms. The molecule has 1 fully saturated rings. The molecule has 2 N–H and O–H groups in total. The summed E-state index contributed by atoms with van der Waals surface area (Å²) in [6, 6.07) is 8.39. The van der Waals surface area contributed by atoms with Gasteiger partial charge in [-0.15, -0.1) is 0 Å². The summed E-state index contributed by atoms with van der Waals surface area (Å²) in [6.45, 7) is 2.66. The molecule has 5 heteroatoms. The molecule has 0 aromatic carbocycles. The molecule has 0 atom stereocenters. The molecule has 0 radical (unpaired) electrons. The first-order chi connectivity index (χ1) is 10.3. The van der Waals surface area contributed by atoms with Gasteiger partial charge in [-0.1, -0.05) is 18.9 Å². The molecule has 0 amide bonds. The number of rotatable bonds is 5. The second-order valence-electron chi connectivity index (χ2n) is 5.52. The Hall–Kier alpha value is -2.17. The van der Waals surface area contributed by atoms with Crippen LogP contribution in [0.2, 0.25) is 0 Å². The van der Waals surface area contributed by atoms with E-state index < -0.39 is 0 Å². The minimum atomic E-state index is 0.524. The van der Waals surface area contributed by atoms with Crippen molar-refractivity contribution in [3.05, 3.63) is 41.9 Å². The first kappa shape index (κ1) is 13.8. The summed E-state index contributed by atoms with van der Waals surface area (Å²) in [5.41, 5.74) is 1.97. The van der Waals surface area contributed by atoms with Crippen molar-refractivity contribution in [3.8, 4) is 0 Å². The quantitative estimate of drug-likeness (QED) is 0.882. The summed E-state index contributed by atoms with van der Waals surface area (Å²) in [7, 11) is 0. The standard InChI is InChI=1S/C16H21N5/c1-12-10-15(18-11-14-8-4-5-9-17-14)21-16(19-12)20-13-6-2-3-7-13/h4-5,8-10,13H,2-3,6-7,11H2,1H3,(H2,18,19,20,21). The minimum absolute atomic E-state index is 0.524. The predicted molar refractivity (Wildman–Crippen MR) is 84.2 cm³/mol. The van der Waals surface area contributed by atoms with Crippen molar-refractivity contribution in [1.29, 1.82) is 0 Å². The molecular formula is C16H21N5. The Morgan fingerprint density at radius 1 is 1.19 bits per heavy atom. The average Bonchev–Trinajstić information content (AvgIpc) is 2.99. The fourth-order valence-corrected chi connectivity index (χ4v) is 2.66. The van der Waals surface area contributed by atoms with Gasteiger partial charge in [-0.05, 0) is 31.9 Å². The fourth-order valence-electron chi connectivity index (χ4n) is 2.66.